The van der Waals surface area contributed by atoms with Crippen molar-refractivity contribution < 1.29 is 80.2 Å². The number of phosphoric acid groups is 2. The Hall–Kier alpha value is -1.94. The van der Waals surface area contributed by atoms with Crippen molar-refractivity contribution in [2.45, 2.75) is 432 Å². The van der Waals surface area contributed by atoms with Crippen molar-refractivity contribution in [3.63, 3.8) is 0 Å². The molecule has 0 spiro atoms. The smallest absolute Gasteiger partial charge is 0.462 e. The molecule has 17 nitrogen and oxygen atoms in total. The first kappa shape index (κ1) is 96.1. The predicted molar refractivity (Wildman–Crippen MR) is 400 cm³/mol. The Kier molecular flexibility index (Phi) is 69.3. The lowest BCUT2D eigenvalue weighted by atomic mass is 10.0. The lowest BCUT2D eigenvalue weighted by Gasteiger charge is -2.21. The third-order valence-corrected chi connectivity index (χ3v) is 20.4. The molecule has 0 fully saturated rings. The van der Waals surface area contributed by atoms with Crippen molar-refractivity contribution in [3.8, 4) is 0 Å². The van der Waals surface area contributed by atoms with Crippen molar-refractivity contribution in [3.05, 3.63) is 0 Å². The Labute approximate surface area is 600 Å². The fourth-order valence-electron chi connectivity index (χ4n) is 12.2. The highest BCUT2D eigenvalue weighted by Crippen LogP contribution is 2.45. The largest absolute Gasteiger partial charge is 0.472 e. The van der Waals surface area contributed by atoms with Crippen molar-refractivity contribution in [1.29, 1.82) is 0 Å². The summed E-state index contributed by atoms with van der Waals surface area (Å²) in [6, 6.07) is 0. The first-order chi connectivity index (χ1) is 47.4. The number of aliphatic hydroxyl groups excluding tert-OH is 1. The van der Waals surface area contributed by atoms with E-state index in [4.69, 9.17) is 37.0 Å². The molecule has 0 aromatic heterocycles. The molecule has 0 aliphatic rings. The Morgan fingerprint density at radius 2 is 0.469 bits per heavy atom. The average Bonchev–Trinajstić information content (AvgIpc) is 1.06. The van der Waals surface area contributed by atoms with E-state index in [1.165, 1.54) is 231 Å². The molecule has 19 heteroatoms. The number of phosphoric ester groups is 2. The van der Waals surface area contributed by atoms with Gasteiger partial charge in [-0.2, -0.15) is 0 Å². The van der Waals surface area contributed by atoms with Crippen LogP contribution in [-0.4, -0.2) is 96.7 Å². The SMILES string of the molecule is CCCCCCCCCCCCCCCCC(=O)OC[C@H](COP(=O)(O)OC[C@@H](O)COP(=O)(O)OC[C@@H](COC(=O)CCCCCCCCCCCCCC)OC(=O)CCCCCCCCCCCCC(C)C)OC(=O)CCCCCCCCCCCCCCCCCCC(C)C. The van der Waals surface area contributed by atoms with Gasteiger partial charge in [0.2, 0.25) is 0 Å². The third kappa shape index (κ3) is 72.4. The second kappa shape index (κ2) is 70.7. The zero-order valence-corrected chi connectivity index (χ0v) is 65.9. The van der Waals surface area contributed by atoms with E-state index < -0.39 is 97.5 Å². The van der Waals surface area contributed by atoms with E-state index in [9.17, 15) is 43.2 Å². The van der Waals surface area contributed by atoms with Crippen LogP contribution in [0.15, 0.2) is 0 Å². The number of hydrogen-bond acceptors (Lipinski definition) is 15. The second-order valence-corrected chi connectivity index (χ2v) is 32.3. The molecule has 0 bridgehead atoms. The Balaban J connectivity index is 5.25. The van der Waals surface area contributed by atoms with Crippen LogP contribution >= 0.6 is 15.6 Å². The summed E-state index contributed by atoms with van der Waals surface area (Å²) >= 11 is 0. The molecule has 3 N–H and O–H groups in total. The van der Waals surface area contributed by atoms with Crippen LogP contribution in [0.4, 0.5) is 0 Å². The molecule has 0 aromatic carbocycles. The van der Waals surface area contributed by atoms with Gasteiger partial charge in [0.1, 0.15) is 19.3 Å². The zero-order valence-electron chi connectivity index (χ0n) is 64.1. The molecule has 0 saturated heterocycles. The molecule has 5 atom stereocenters. The van der Waals surface area contributed by atoms with Crippen molar-refractivity contribution in [2.24, 2.45) is 11.8 Å². The van der Waals surface area contributed by atoms with Crippen LogP contribution in [0.2, 0.25) is 0 Å². The molecule has 0 aliphatic heterocycles. The standard InChI is InChI=1S/C79H154O17P2/c1-7-9-11-13-15-17-19-21-27-31-38-44-50-56-62-77(82)90-67-74(95-78(83)63-57-51-45-39-32-28-25-23-22-24-26-29-35-41-47-53-59-71(3)4)69-93-97(85,86)91-65-73(80)66-92-98(87,88)94-70-75(68-89-76(81)61-55-49-43-37-30-20-18-16-14-12-10-8-2)96-79(84)64-58-52-46-40-34-33-36-42-48-54-60-72(5)6/h71-75,80H,7-70H2,1-6H3,(H,85,86)(H,87,88)/t73-,74-,75-/m1/s1. The van der Waals surface area contributed by atoms with Gasteiger partial charge >= 0.3 is 39.5 Å². The van der Waals surface area contributed by atoms with Gasteiger partial charge in [-0.15, -0.1) is 0 Å². The van der Waals surface area contributed by atoms with Gasteiger partial charge in [-0.1, -0.05) is 363 Å². The predicted octanol–water partition coefficient (Wildman–Crippen LogP) is 23.5. The van der Waals surface area contributed by atoms with Gasteiger partial charge in [0.05, 0.1) is 26.4 Å². The van der Waals surface area contributed by atoms with Crippen molar-refractivity contribution >= 4 is 39.5 Å². The summed E-state index contributed by atoms with van der Waals surface area (Å²) in [5.41, 5.74) is 0. The van der Waals surface area contributed by atoms with E-state index in [1.54, 1.807) is 0 Å². The van der Waals surface area contributed by atoms with Gasteiger partial charge < -0.3 is 33.8 Å². The summed E-state index contributed by atoms with van der Waals surface area (Å²) in [4.78, 5) is 73.0. The van der Waals surface area contributed by atoms with Crippen LogP contribution in [0.1, 0.15) is 414 Å². The zero-order chi connectivity index (χ0) is 72.1. The Morgan fingerprint density at radius 3 is 0.694 bits per heavy atom. The Morgan fingerprint density at radius 1 is 0.276 bits per heavy atom. The summed E-state index contributed by atoms with van der Waals surface area (Å²) in [5.74, 6) is -0.548. The minimum atomic E-state index is -4.96. The normalized spacial score (nSPS) is 13.9. The number of esters is 4. The lowest BCUT2D eigenvalue weighted by molar-refractivity contribution is -0.161. The Bertz CT molecular complexity index is 1890. The van der Waals surface area contributed by atoms with Crippen molar-refractivity contribution in [1.82, 2.24) is 0 Å². The molecule has 98 heavy (non-hydrogen) atoms. The van der Waals surface area contributed by atoms with Gasteiger partial charge in [-0.05, 0) is 37.5 Å². The number of hydrogen-bond donors (Lipinski definition) is 3. The monoisotopic (exact) mass is 1440 g/mol. The fourth-order valence-corrected chi connectivity index (χ4v) is 13.8. The molecule has 0 heterocycles. The maximum atomic E-state index is 13.1. The van der Waals surface area contributed by atoms with E-state index in [0.717, 1.165) is 102 Å². The molecule has 0 saturated carbocycles. The molecule has 2 unspecified atom stereocenters. The second-order valence-electron chi connectivity index (χ2n) is 29.4. The summed E-state index contributed by atoms with van der Waals surface area (Å²) in [7, 11) is -9.92. The average molecular weight is 1440 g/mol. The summed E-state index contributed by atoms with van der Waals surface area (Å²) in [6.45, 7) is 9.65. The molecule has 0 amide bonds. The first-order valence-corrected chi connectivity index (χ1v) is 44.0. The molecule has 0 radical (unpaired) electrons. The number of aliphatic hydroxyl groups is 1. The maximum Gasteiger partial charge on any atom is 0.472 e. The first-order valence-electron chi connectivity index (χ1n) is 41.0. The van der Waals surface area contributed by atoms with Crippen LogP contribution in [0, 0.1) is 11.8 Å². The van der Waals surface area contributed by atoms with Gasteiger partial charge in [0.25, 0.3) is 0 Å². The van der Waals surface area contributed by atoms with Crippen molar-refractivity contribution in [2.75, 3.05) is 39.6 Å². The summed E-state index contributed by atoms with van der Waals surface area (Å²) < 4.78 is 68.7. The van der Waals surface area contributed by atoms with E-state index in [1.807, 2.05) is 0 Å². The van der Waals surface area contributed by atoms with Crippen LogP contribution in [0.5, 0.6) is 0 Å². The third-order valence-electron chi connectivity index (χ3n) is 18.5. The number of unbranched alkanes of at least 4 members (excludes halogenated alkanes) is 48. The van der Waals surface area contributed by atoms with Gasteiger partial charge in [0.15, 0.2) is 12.2 Å². The van der Waals surface area contributed by atoms with Crippen LogP contribution < -0.4 is 0 Å². The van der Waals surface area contributed by atoms with E-state index in [0.29, 0.717) is 25.7 Å². The number of carbonyl (C=O) groups is 4. The number of rotatable bonds is 78. The molecule has 0 rings (SSSR count). The molecular weight excluding hydrogens is 1280 g/mol. The molecule has 0 aromatic rings. The molecular formula is C79H154O17P2. The topological polar surface area (TPSA) is 237 Å². The van der Waals surface area contributed by atoms with Crippen LogP contribution in [0.3, 0.4) is 0 Å². The number of carbonyl (C=O) groups excluding carboxylic acids is 4. The highest BCUT2D eigenvalue weighted by atomic mass is 31.2. The fraction of sp³-hybridized carbons (Fsp3) is 0.949. The van der Waals surface area contributed by atoms with Gasteiger partial charge in [-0.3, -0.25) is 37.3 Å². The lowest BCUT2D eigenvalue weighted by Crippen LogP contribution is -2.30. The van der Waals surface area contributed by atoms with E-state index in [2.05, 4.69) is 41.5 Å². The minimum absolute atomic E-state index is 0.106. The minimum Gasteiger partial charge on any atom is -0.462 e. The number of ether oxygens (including phenoxy) is 4. The quantitative estimate of drug-likeness (QED) is 0.0222. The highest BCUT2D eigenvalue weighted by Gasteiger charge is 2.30. The van der Waals surface area contributed by atoms with E-state index >= 15 is 0 Å². The van der Waals surface area contributed by atoms with Crippen LogP contribution in [0.25, 0.3) is 0 Å². The highest BCUT2D eigenvalue weighted by molar-refractivity contribution is 7.47. The summed E-state index contributed by atoms with van der Waals surface area (Å²) in [5, 5.41) is 10.6. The molecule has 0 aliphatic carbocycles. The molecule has 582 valence electrons. The van der Waals surface area contributed by atoms with Gasteiger partial charge in [-0.25, -0.2) is 9.13 Å². The van der Waals surface area contributed by atoms with E-state index in [-0.39, 0.29) is 25.7 Å². The van der Waals surface area contributed by atoms with Gasteiger partial charge in [0, 0.05) is 25.7 Å². The van der Waals surface area contributed by atoms with Crippen LogP contribution in [-0.2, 0) is 65.4 Å². The summed E-state index contributed by atoms with van der Waals surface area (Å²) in [6.07, 6.45) is 59.5. The maximum absolute atomic E-state index is 13.1.